The lowest BCUT2D eigenvalue weighted by Crippen LogP contribution is -2.21. The maximum atomic E-state index is 13.7. The number of halogens is 3. The number of nitrogens with one attached hydrogen (secondary N) is 4. The number of ether oxygens (including phenoxy) is 1. The molecule has 1 fully saturated rings. The number of pyridine rings is 2. The first-order valence-electron chi connectivity index (χ1n) is 10.1. The Morgan fingerprint density at radius 2 is 2.00 bits per heavy atom. The molecule has 2 unspecified atom stereocenters. The van der Waals surface area contributed by atoms with Crippen molar-refractivity contribution in [1.82, 2.24) is 15.3 Å². The summed E-state index contributed by atoms with van der Waals surface area (Å²) in [4.78, 5) is 20.0. The number of amides is 1. The molecule has 0 bridgehead atoms. The van der Waals surface area contributed by atoms with Crippen LogP contribution in [0.4, 0.5) is 41.7 Å². The molecule has 4 N–H and O–H groups in total. The number of carbonyl (C=O) groups is 1. The number of anilines is 5. The maximum absolute atomic E-state index is 13.7. The average molecular weight is 456 g/mol. The molecular weight excluding hydrogens is 437 g/mol. The lowest BCUT2D eigenvalue weighted by atomic mass is 10.0. The molecule has 1 amide bonds. The SMILES string of the molecule is CNC(=O)c1ncccc1Nc1cc(Nc2ccc3c(c2)CC2OC2N3)ncc1C(F)(F)F. The lowest BCUT2D eigenvalue weighted by Gasteiger charge is -2.18. The Labute approximate surface area is 186 Å². The highest BCUT2D eigenvalue weighted by molar-refractivity contribution is 5.98. The predicted octanol–water partition coefficient (Wildman–Crippen LogP) is 4.04. The van der Waals surface area contributed by atoms with Crippen molar-refractivity contribution < 1.29 is 22.7 Å². The molecule has 1 saturated heterocycles. The molecule has 2 aliphatic heterocycles. The van der Waals surface area contributed by atoms with Gasteiger partial charge < -0.3 is 26.0 Å². The Morgan fingerprint density at radius 1 is 1.15 bits per heavy atom. The summed E-state index contributed by atoms with van der Waals surface area (Å²) < 4.78 is 46.4. The van der Waals surface area contributed by atoms with Gasteiger partial charge in [0.1, 0.15) is 11.9 Å². The molecule has 3 aromatic rings. The molecule has 0 saturated carbocycles. The number of alkyl halides is 3. The summed E-state index contributed by atoms with van der Waals surface area (Å²) in [6.07, 6.45) is -1.53. The number of hydrogen-bond acceptors (Lipinski definition) is 7. The van der Waals surface area contributed by atoms with Crippen LogP contribution >= 0.6 is 0 Å². The fourth-order valence-corrected chi connectivity index (χ4v) is 3.73. The van der Waals surface area contributed by atoms with E-state index in [0.717, 1.165) is 23.9 Å². The summed E-state index contributed by atoms with van der Waals surface area (Å²) in [5.74, 6) is -0.316. The molecule has 1 aromatic carbocycles. The van der Waals surface area contributed by atoms with Crippen LogP contribution in [-0.2, 0) is 17.3 Å². The van der Waals surface area contributed by atoms with Gasteiger partial charge in [-0.25, -0.2) is 9.97 Å². The van der Waals surface area contributed by atoms with Crippen LogP contribution in [0.5, 0.6) is 0 Å². The van der Waals surface area contributed by atoms with E-state index in [1.807, 2.05) is 18.2 Å². The second-order valence-electron chi connectivity index (χ2n) is 7.66. The summed E-state index contributed by atoms with van der Waals surface area (Å²) in [6, 6.07) is 9.88. The standard InChI is InChI=1S/C22H19F3N6O2/c1-26-20(32)19-15(3-2-6-27-19)30-16-9-18(28-10-13(16)22(23,24)25)29-12-4-5-14-11(7-12)8-17-21(31-14)33-17/h2-7,9-10,17,21,31H,8H2,1H3,(H,26,32)(H2,28,29,30). The van der Waals surface area contributed by atoms with Crippen molar-refractivity contribution in [3.8, 4) is 0 Å². The van der Waals surface area contributed by atoms with Gasteiger partial charge >= 0.3 is 6.18 Å². The molecular formula is C22H19F3N6O2. The molecule has 8 nitrogen and oxygen atoms in total. The van der Waals surface area contributed by atoms with Gasteiger partial charge in [-0.1, -0.05) is 0 Å². The van der Waals surface area contributed by atoms with E-state index in [9.17, 15) is 18.0 Å². The zero-order valence-electron chi connectivity index (χ0n) is 17.3. The van der Waals surface area contributed by atoms with Crippen molar-refractivity contribution >= 4 is 34.5 Å². The number of rotatable bonds is 5. The third-order valence-corrected chi connectivity index (χ3v) is 5.41. The van der Waals surface area contributed by atoms with Crippen LogP contribution in [0.15, 0.2) is 48.8 Å². The van der Waals surface area contributed by atoms with Gasteiger partial charge in [-0.05, 0) is 35.9 Å². The molecule has 2 aromatic heterocycles. The minimum atomic E-state index is -4.65. The van der Waals surface area contributed by atoms with Gasteiger partial charge in [0.15, 0.2) is 11.9 Å². The van der Waals surface area contributed by atoms with Crippen molar-refractivity contribution in [3.63, 3.8) is 0 Å². The molecule has 11 heteroatoms. The number of epoxide rings is 1. The minimum Gasteiger partial charge on any atom is -0.358 e. The summed E-state index contributed by atoms with van der Waals surface area (Å²) >= 11 is 0. The molecule has 0 spiro atoms. The van der Waals surface area contributed by atoms with E-state index in [1.165, 1.54) is 31.4 Å². The average Bonchev–Trinajstić information content (AvgIpc) is 3.55. The normalized spacial score (nSPS) is 18.4. The van der Waals surface area contributed by atoms with Gasteiger partial charge in [-0.15, -0.1) is 0 Å². The van der Waals surface area contributed by atoms with Crippen LogP contribution in [0.2, 0.25) is 0 Å². The van der Waals surface area contributed by atoms with E-state index in [1.54, 1.807) is 0 Å². The molecule has 4 heterocycles. The highest BCUT2D eigenvalue weighted by Gasteiger charge is 2.42. The van der Waals surface area contributed by atoms with Gasteiger partial charge in [0.2, 0.25) is 0 Å². The van der Waals surface area contributed by atoms with Crippen molar-refractivity contribution in [2.75, 3.05) is 23.0 Å². The number of fused-ring (bicyclic) bond motifs is 2. The van der Waals surface area contributed by atoms with E-state index >= 15 is 0 Å². The molecule has 0 radical (unpaired) electrons. The fourth-order valence-electron chi connectivity index (χ4n) is 3.73. The van der Waals surface area contributed by atoms with E-state index in [2.05, 4.69) is 31.2 Å². The second kappa shape index (κ2) is 7.93. The maximum Gasteiger partial charge on any atom is 0.419 e. The molecule has 0 aliphatic carbocycles. The second-order valence-corrected chi connectivity index (χ2v) is 7.66. The lowest BCUT2D eigenvalue weighted by molar-refractivity contribution is -0.137. The summed E-state index contributed by atoms with van der Waals surface area (Å²) in [6.45, 7) is 0. The Balaban J connectivity index is 1.46. The molecule has 2 aliphatic rings. The Hall–Kier alpha value is -3.86. The van der Waals surface area contributed by atoms with Crippen molar-refractivity contribution in [3.05, 3.63) is 65.6 Å². The smallest absolute Gasteiger partial charge is 0.358 e. The monoisotopic (exact) mass is 456 g/mol. The number of carbonyl (C=O) groups excluding carboxylic acids is 1. The zero-order chi connectivity index (χ0) is 23.2. The summed E-state index contributed by atoms with van der Waals surface area (Å²) in [5, 5.41) is 11.4. The van der Waals surface area contributed by atoms with Gasteiger partial charge in [-0.2, -0.15) is 13.2 Å². The number of hydrogen-bond donors (Lipinski definition) is 4. The van der Waals surface area contributed by atoms with Gasteiger partial charge in [0.25, 0.3) is 5.91 Å². The van der Waals surface area contributed by atoms with E-state index in [-0.39, 0.29) is 35.2 Å². The molecule has 170 valence electrons. The Kier molecular flexibility index (Phi) is 5.05. The largest absolute Gasteiger partial charge is 0.419 e. The Morgan fingerprint density at radius 3 is 2.79 bits per heavy atom. The minimum absolute atomic E-state index is 0.0257. The quantitative estimate of drug-likeness (QED) is 0.430. The molecule has 2 atom stereocenters. The van der Waals surface area contributed by atoms with Crippen molar-refractivity contribution in [2.45, 2.75) is 24.9 Å². The number of benzene rings is 1. The first kappa shape index (κ1) is 21.0. The van der Waals surface area contributed by atoms with Gasteiger partial charge in [0, 0.05) is 43.3 Å². The van der Waals surface area contributed by atoms with Crippen LogP contribution in [0.1, 0.15) is 21.6 Å². The molecule has 5 rings (SSSR count). The van der Waals surface area contributed by atoms with Crippen LogP contribution in [0, 0.1) is 0 Å². The van der Waals surface area contributed by atoms with Gasteiger partial charge in [0.05, 0.1) is 16.9 Å². The van der Waals surface area contributed by atoms with E-state index in [4.69, 9.17) is 4.74 Å². The summed E-state index contributed by atoms with van der Waals surface area (Å²) in [5.41, 5.74) is 1.59. The van der Waals surface area contributed by atoms with E-state index in [0.29, 0.717) is 5.69 Å². The first-order valence-corrected chi connectivity index (χ1v) is 10.1. The van der Waals surface area contributed by atoms with Crippen molar-refractivity contribution in [2.24, 2.45) is 0 Å². The highest BCUT2D eigenvalue weighted by Crippen LogP contribution is 2.39. The van der Waals surface area contributed by atoms with Gasteiger partial charge in [-0.3, -0.25) is 4.79 Å². The zero-order valence-corrected chi connectivity index (χ0v) is 17.3. The van der Waals surface area contributed by atoms with Crippen LogP contribution in [-0.4, -0.2) is 35.3 Å². The summed E-state index contributed by atoms with van der Waals surface area (Å²) in [7, 11) is 1.42. The third kappa shape index (κ3) is 4.27. The topological polar surface area (TPSA) is 104 Å². The number of aromatic nitrogens is 2. The van der Waals surface area contributed by atoms with Crippen LogP contribution in [0.3, 0.4) is 0 Å². The molecule has 33 heavy (non-hydrogen) atoms. The predicted molar refractivity (Wildman–Crippen MR) is 116 cm³/mol. The van der Waals surface area contributed by atoms with Crippen molar-refractivity contribution in [1.29, 1.82) is 0 Å². The fraction of sp³-hybridized carbons (Fsp3) is 0.227. The Bertz CT molecular complexity index is 1230. The van der Waals surface area contributed by atoms with Crippen LogP contribution in [0.25, 0.3) is 0 Å². The first-order chi connectivity index (χ1) is 15.8. The van der Waals surface area contributed by atoms with E-state index < -0.39 is 17.6 Å². The number of nitrogens with zero attached hydrogens (tertiary/aromatic N) is 2. The van der Waals surface area contributed by atoms with Crippen LogP contribution < -0.4 is 21.3 Å². The third-order valence-electron chi connectivity index (χ3n) is 5.41. The highest BCUT2D eigenvalue weighted by atomic mass is 19.4.